The second-order valence-electron chi connectivity index (χ2n) is 3.06. The Kier molecular flexibility index (Phi) is 2.82. The molecule has 0 amide bonds. The van der Waals surface area contributed by atoms with Crippen LogP contribution >= 0.6 is 0 Å². The molecular weight excluding hydrogens is 155 g/mol. The van der Waals surface area contributed by atoms with Gasteiger partial charge in [0, 0.05) is 0 Å². The largest absolute Gasteiger partial charge is 0.247 e. The number of benzene rings is 1. The van der Waals surface area contributed by atoms with E-state index in [0.29, 0.717) is 0 Å². The van der Waals surface area contributed by atoms with Gasteiger partial charge in [-0.05, 0) is 5.56 Å². The van der Waals surface area contributed by atoms with E-state index in [4.69, 9.17) is 0 Å². The highest BCUT2D eigenvalue weighted by Crippen LogP contribution is 2.19. The Morgan fingerprint density at radius 3 is 2.18 bits per heavy atom. The minimum Gasteiger partial charge on any atom is -0.247 e. The van der Waals surface area contributed by atoms with Crippen molar-refractivity contribution in [3.8, 4) is 0 Å². The highest BCUT2D eigenvalue weighted by Gasteiger charge is 2.13. The van der Waals surface area contributed by atoms with Crippen LogP contribution in [0.25, 0.3) is 0 Å². The van der Waals surface area contributed by atoms with E-state index in [1.54, 1.807) is 0 Å². The molecule has 0 aromatic heterocycles. The minimum absolute atomic E-state index is 0.684. The molecule has 0 nitrogen and oxygen atoms in total. The molecule has 0 aliphatic carbocycles. The molecule has 1 aromatic rings. The molecule has 0 bridgehead atoms. The van der Waals surface area contributed by atoms with Gasteiger partial charge in [-0.1, -0.05) is 43.4 Å². The van der Waals surface area contributed by atoms with Crippen LogP contribution < -0.4 is 0 Å². The lowest BCUT2D eigenvalue weighted by Crippen LogP contribution is -2.10. The molecule has 0 aliphatic heterocycles. The molecule has 2 heteroatoms. The molecule has 1 rings (SSSR count). The van der Waals surface area contributed by atoms with Crippen molar-refractivity contribution in [2.75, 3.05) is 0 Å². The Morgan fingerprint density at radius 2 is 1.73 bits per heavy atom. The SMILES string of the molecule is C[SiH](C)C(F)c1ccccc1. The Balaban J connectivity index is 2.77. The third-order valence-electron chi connectivity index (χ3n) is 1.70. The van der Waals surface area contributed by atoms with E-state index in [1.807, 2.05) is 43.4 Å². The van der Waals surface area contributed by atoms with Gasteiger partial charge >= 0.3 is 0 Å². The third kappa shape index (κ3) is 2.15. The molecule has 60 valence electrons. The normalized spacial score (nSPS) is 13.5. The molecule has 0 N–H and O–H groups in total. The van der Waals surface area contributed by atoms with E-state index < -0.39 is 14.6 Å². The van der Waals surface area contributed by atoms with Crippen LogP contribution in [0.15, 0.2) is 30.3 Å². The summed E-state index contributed by atoms with van der Waals surface area (Å²) >= 11 is 0. The fourth-order valence-electron chi connectivity index (χ4n) is 1.02. The minimum atomic E-state index is -1.16. The van der Waals surface area contributed by atoms with E-state index >= 15 is 0 Å². The van der Waals surface area contributed by atoms with Gasteiger partial charge < -0.3 is 0 Å². The van der Waals surface area contributed by atoms with Crippen LogP contribution in [0.5, 0.6) is 0 Å². The predicted molar refractivity (Wildman–Crippen MR) is 49.2 cm³/mol. The number of alkyl halides is 1. The molecule has 0 radical (unpaired) electrons. The predicted octanol–water partition coefficient (Wildman–Crippen LogP) is 2.72. The molecule has 0 spiro atoms. The van der Waals surface area contributed by atoms with Gasteiger partial charge in [-0.3, -0.25) is 0 Å². The van der Waals surface area contributed by atoms with Crippen LogP contribution in [0.2, 0.25) is 13.1 Å². The summed E-state index contributed by atoms with van der Waals surface area (Å²) in [7, 11) is -1.16. The quantitative estimate of drug-likeness (QED) is 0.596. The zero-order valence-corrected chi connectivity index (χ0v) is 8.07. The van der Waals surface area contributed by atoms with Gasteiger partial charge in [-0.15, -0.1) is 0 Å². The van der Waals surface area contributed by atoms with Crippen molar-refractivity contribution in [2.24, 2.45) is 0 Å². The van der Waals surface area contributed by atoms with Crippen molar-refractivity contribution >= 4 is 8.80 Å². The third-order valence-corrected chi connectivity index (χ3v) is 3.26. The second kappa shape index (κ2) is 3.67. The first kappa shape index (κ1) is 8.46. The van der Waals surface area contributed by atoms with Crippen molar-refractivity contribution in [3.05, 3.63) is 35.9 Å². The number of rotatable bonds is 2. The van der Waals surface area contributed by atoms with E-state index in [2.05, 4.69) is 0 Å². The van der Waals surface area contributed by atoms with Crippen molar-refractivity contribution in [2.45, 2.75) is 18.9 Å². The average molecular weight is 168 g/mol. The molecule has 0 saturated carbocycles. The summed E-state index contributed by atoms with van der Waals surface area (Å²) < 4.78 is 13.3. The summed E-state index contributed by atoms with van der Waals surface area (Å²) in [6.45, 7) is 4.05. The first-order chi connectivity index (χ1) is 5.22. The van der Waals surface area contributed by atoms with Gasteiger partial charge in [-0.2, -0.15) is 0 Å². The van der Waals surface area contributed by atoms with E-state index in [-0.39, 0.29) is 0 Å². The molecular formula is C9H13FSi. The maximum Gasteiger partial charge on any atom is 0.110 e. The van der Waals surface area contributed by atoms with Crippen LogP contribution in [0.4, 0.5) is 4.39 Å². The standard InChI is InChI=1S/C9H13FSi/c1-11(2)9(10)8-6-4-3-5-7-8/h3-7,9,11H,1-2H3. The Labute approximate surface area is 68.7 Å². The van der Waals surface area contributed by atoms with Crippen molar-refractivity contribution in [1.82, 2.24) is 0 Å². The van der Waals surface area contributed by atoms with Crippen molar-refractivity contribution in [1.29, 1.82) is 0 Å². The zero-order chi connectivity index (χ0) is 8.27. The highest BCUT2D eigenvalue weighted by atomic mass is 28.3. The molecule has 0 fully saturated rings. The lowest BCUT2D eigenvalue weighted by Gasteiger charge is -2.09. The van der Waals surface area contributed by atoms with E-state index in [9.17, 15) is 4.39 Å². The molecule has 0 saturated heterocycles. The van der Waals surface area contributed by atoms with Gasteiger partial charge in [0.15, 0.2) is 0 Å². The van der Waals surface area contributed by atoms with Crippen LogP contribution in [-0.2, 0) is 0 Å². The summed E-state index contributed by atoms with van der Waals surface area (Å²) in [5.41, 5.74) is 0.842. The summed E-state index contributed by atoms with van der Waals surface area (Å²) in [6, 6.07) is 9.41. The van der Waals surface area contributed by atoms with Crippen molar-refractivity contribution < 1.29 is 4.39 Å². The molecule has 0 heterocycles. The Hall–Kier alpha value is -0.633. The number of hydrogen-bond acceptors (Lipinski definition) is 0. The molecule has 11 heavy (non-hydrogen) atoms. The fraction of sp³-hybridized carbons (Fsp3) is 0.333. The molecule has 1 unspecified atom stereocenters. The highest BCUT2D eigenvalue weighted by molar-refractivity contribution is 6.56. The smallest absolute Gasteiger partial charge is 0.110 e. The number of hydrogen-bond donors (Lipinski definition) is 0. The van der Waals surface area contributed by atoms with Crippen LogP contribution in [-0.4, -0.2) is 8.80 Å². The monoisotopic (exact) mass is 168 g/mol. The first-order valence-electron chi connectivity index (χ1n) is 3.91. The fourth-order valence-corrected chi connectivity index (χ4v) is 2.01. The van der Waals surface area contributed by atoms with Gasteiger partial charge in [0.05, 0.1) is 8.80 Å². The van der Waals surface area contributed by atoms with Gasteiger partial charge in [0.25, 0.3) is 0 Å². The number of halogens is 1. The molecule has 1 aromatic carbocycles. The Morgan fingerprint density at radius 1 is 1.18 bits per heavy atom. The first-order valence-corrected chi connectivity index (χ1v) is 6.88. The summed E-state index contributed by atoms with van der Waals surface area (Å²) in [5, 5.41) is 0. The van der Waals surface area contributed by atoms with E-state index in [0.717, 1.165) is 5.56 Å². The second-order valence-corrected chi connectivity index (χ2v) is 6.13. The van der Waals surface area contributed by atoms with Gasteiger partial charge in [0.2, 0.25) is 0 Å². The van der Waals surface area contributed by atoms with Gasteiger partial charge in [0.1, 0.15) is 5.79 Å². The summed E-state index contributed by atoms with van der Waals surface area (Å²) in [4.78, 5) is 0. The molecule has 1 atom stereocenters. The Bertz CT molecular complexity index is 208. The maximum atomic E-state index is 13.3. The van der Waals surface area contributed by atoms with Crippen LogP contribution in [0.1, 0.15) is 11.4 Å². The van der Waals surface area contributed by atoms with Crippen molar-refractivity contribution in [3.63, 3.8) is 0 Å². The van der Waals surface area contributed by atoms with E-state index in [1.165, 1.54) is 0 Å². The molecule has 0 aliphatic rings. The van der Waals surface area contributed by atoms with Crippen LogP contribution in [0.3, 0.4) is 0 Å². The lowest BCUT2D eigenvalue weighted by molar-refractivity contribution is 0.449. The zero-order valence-electron chi connectivity index (χ0n) is 6.92. The lowest BCUT2D eigenvalue weighted by atomic mass is 10.2. The summed E-state index contributed by atoms with van der Waals surface area (Å²) in [5.74, 6) is -0.684. The van der Waals surface area contributed by atoms with Gasteiger partial charge in [-0.25, -0.2) is 4.39 Å². The summed E-state index contributed by atoms with van der Waals surface area (Å²) in [6.07, 6.45) is 0. The maximum absolute atomic E-state index is 13.3. The average Bonchev–Trinajstić information content (AvgIpc) is 2.05. The van der Waals surface area contributed by atoms with Crippen LogP contribution in [0, 0.1) is 0 Å². The topological polar surface area (TPSA) is 0 Å².